The van der Waals surface area contributed by atoms with Gasteiger partial charge in [0.1, 0.15) is 12.2 Å². The molecule has 0 bridgehead atoms. The van der Waals surface area contributed by atoms with E-state index in [4.69, 9.17) is 9.84 Å². The number of carbonyl (C=O) groups excluding carboxylic acids is 1. The molecule has 1 saturated heterocycles. The van der Waals surface area contributed by atoms with Crippen LogP contribution in [0.3, 0.4) is 0 Å². The smallest absolute Gasteiger partial charge is 0.339 e. The topological polar surface area (TPSA) is 78.9 Å². The van der Waals surface area contributed by atoms with E-state index in [1.807, 2.05) is 0 Å². The van der Waals surface area contributed by atoms with Crippen molar-refractivity contribution in [1.29, 1.82) is 0 Å². The Morgan fingerprint density at radius 2 is 2.33 bits per heavy atom. The highest BCUT2D eigenvalue weighted by atomic mass is 16.5. The highest BCUT2D eigenvalue weighted by Gasteiger charge is 2.36. The van der Waals surface area contributed by atoms with Crippen molar-refractivity contribution in [2.75, 3.05) is 24.6 Å². The van der Waals surface area contributed by atoms with Crippen LogP contribution in [0.5, 0.6) is 5.75 Å². The summed E-state index contributed by atoms with van der Waals surface area (Å²) in [6.45, 7) is 1.24. The normalized spacial score (nSPS) is 21.9. The van der Waals surface area contributed by atoms with Gasteiger partial charge in [-0.3, -0.25) is 9.69 Å². The van der Waals surface area contributed by atoms with Crippen molar-refractivity contribution in [3.63, 3.8) is 0 Å². The molecular formula is C12H12N2O4. The second-order valence-corrected chi connectivity index (χ2v) is 4.32. The molecule has 0 radical (unpaired) electrons. The van der Waals surface area contributed by atoms with Gasteiger partial charge in [0.25, 0.3) is 0 Å². The summed E-state index contributed by atoms with van der Waals surface area (Å²) in [4.78, 5) is 24.7. The number of rotatable bonds is 1. The third-order valence-corrected chi connectivity index (χ3v) is 3.19. The molecule has 0 aliphatic carbocycles. The molecule has 0 saturated carbocycles. The zero-order valence-corrected chi connectivity index (χ0v) is 9.55. The van der Waals surface area contributed by atoms with Crippen LogP contribution in [0.1, 0.15) is 10.4 Å². The fraction of sp³-hybridized carbons (Fsp3) is 0.333. The van der Waals surface area contributed by atoms with Crippen LogP contribution in [0.25, 0.3) is 0 Å². The van der Waals surface area contributed by atoms with Crippen molar-refractivity contribution in [2.45, 2.75) is 6.04 Å². The van der Waals surface area contributed by atoms with Crippen LogP contribution in [0.15, 0.2) is 18.2 Å². The summed E-state index contributed by atoms with van der Waals surface area (Å²) >= 11 is 0. The highest BCUT2D eigenvalue weighted by molar-refractivity contribution is 6.01. The Labute approximate surface area is 103 Å². The molecule has 1 aromatic rings. The molecule has 1 amide bonds. The molecule has 1 unspecified atom stereocenters. The summed E-state index contributed by atoms with van der Waals surface area (Å²) in [7, 11) is 0. The summed E-state index contributed by atoms with van der Waals surface area (Å²) in [6.07, 6.45) is 0. The predicted molar refractivity (Wildman–Crippen MR) is 63.0 cm³/mol. The maximum Gasteiger partial charge on any atom is 0.339 e. The molecule has 2 N–H and O–H groups in total. The van der Waals surface area contributed by atoms with Crippen LogP contribution < -0.4 is 15.0 Å². The molecule has 1 aromatic carbocycles. The second-order valence-electron chi connectivity index (χ2n) is 4.32. The standard InChI is InChI=1S/C12H12N2O4/c15-10-5-13-4-7-6-18-11-8(12(16)17)2-1-3-9(11)14(7)10/h1-3,7,13H,4-6H2,(H,16,17). The van der Waals surface area contributed by atoms with Gasteiger partial charge in [0.05, 0.1) is 18.3 Å². The molecule has 3 rings (SSSR count). The summed E-state index contributed by atoms with van der Waals surface area (Å²) < 4.78 is 5.52. The average molecular weight is 248 g/mol. The van der Waals surface area contributed by atoms with Gasteiger partial charge in [0.15, 0.2) is 5.75 Å². The SMILES string of the molecule is O=C(O)c1cccc2c1OCC1CNCC(=O)N21. The van der Waals surface area contributed by atoms with Crippen molar-refractivity contribution >= 4 is 17.6 Å². The number of nitrogens with zero attached hydrogens (tertiary/aromatic N) is 1. The Morgan fingerprint density at radius 3 is 3.11 bits per heavy atom. The first kappa shape index (κ1) is 11.0. The third kappa shape index (κ3) is 1.53. The van der Waals surface area contributed by atoms with Crippen molar-refractivity contribution in [1.82, 2.24) is 5.32 Å². The minimum atomic E-state index is -1.05. The lowest BCUT2D eigenvalue weighted by atomic mass is 10.1. The lowest BCUT2D eigenvalue weighted by Crippen LogP contribution is -2.59. The number of benzene rings is 1. The lowest BCUT2D eigenvalue weighted by molar-refractivity contribution is -0.119. The van der Waals surface area contributed by atoms with Crippen LogP contribution in [0.4, 0.5) is 5.69 Å². The lowest BCUT2D eigenvalue weighted by Gasteiger charge is -2.40. The van der Waals surface area contributed by atoms with Crippen molar-refractivity contribution in [3.8, 4) is 5.75 Å². The number of hydrogen-bond donors (Lipinski definition) is 2. The molecule has 2 aliphatic heterocycles. The number of amides is 1. The summed E-state index contributed by atoms with van der Waals surface area (Å²) in [5, 5.41) is 12.1. The number of nitrogens with one attached hydrogen (secondary N) is 1. The average Bonchev–Trinajstić information content (AvgIpc) is 2.37. The van der Waals surface area contributed by atoms with Crippen LogP contribution in [0, 0.1) is 0 Å². The highest BCUT2D eigenvalue weighted by Crippen LogP contribution is 2.37. The molecular weight excluding hydrogens is 236 g/mol. The summed E-state index contributed by atoms with van der Waals surface area (Å²) in [5.41, 5.74) is 0.648. The molecule has 0 spiro atoms. The number of ether oxygens (including phenoxy) is 1. The second kappa shape index (κ2) is 3.99. The van der Waals surface area contributed by atoms with Crippen LogP contribution >= 0.6 is 0 Å². The van der Waals surface area contributed by atoms with Gasteiger partial charge in [-0.1, -0.05) is 6.07 Å². The molecule has 18 heavy (non-hydrogen) atoms. The number of carboxylic acids is 1. The summed E-state index contributed by atoms with van der Waals surface area (Å²) in [6, 6.07) is 4.76. The largest absolute Gasteiger partial charge is 0.488 e. The van der Waals surface area contributed by atoms with E-state index >= 15 is 0 Å². The first-order valence-electron chi connectivity index (χ1n) is 5.70. The van der Waals surface area contributed by atoms with Crippen molar-refractivity contribution in [2.24, 2.45) is 0 Å². The summed E-state index contributed by atoms with van der Waals surface area (Å²) in [5.74, 6) is -0.817. The zero-order valence-electron chi connectivity index (χ0n) is 9.55. The van der Waals surface area contributed by atoms with Gasteiger partial charge >= 0.3 is 5.97 Å². The molecule has 1 fully saturated rings. The van der Waals surface area contributed by atoms with E-state index in [0.717, 1.165) is 0 Å². The fourth-order valence-corrected chi connectivity index (χ4v) is 2.40. The minimum absolute atomic E-state index is 0.0571. The van der Waals surface area contributed by atoms with Gasteiger partial charge in [-0.2, -0.15) is 0 Å². The number of anilines is 1. The number of fused-ring (bicyclic) bond motifs is 3. The Hall–Kier alpha value is -2.08. The number of hydrogen-bond acceptors (Lipinski definition) is 4. The van der Waals surface area contributed by atoms with Crippen LogP contribution in [0.2, 0.25) is 0 Å². The Morgan fingerprint density at radius 1 is 1.50 bits per heavy atom. The molecule has 2 heterocycles. The number of carboxylic acid groups (broad SMARTS) is 1. The number of piperazine rings is 1. The van der Waals surface area contributed by atoms with Crippen LogP contribution in [-0.2, 0) is 4.79 Å². The van der Waals surface area contributed by atoms with Gasteiger partial charge < -0.3 is 15.2 Å². The van der Waals surface area contributed by atoms with Gasteiger partial charge in [-0.15, -0.1) is 0 Å². The van der Waals surface area contributed by atoms with Gasteiger partial charge in [0, 0.05) is 6.54 Å². The number of para-hydroxylation sites is 1. The quantitative estimate of drug-likeness (QED) is 0.736. The molecule has 6 heteroatoms. The predicted octanol–water partition coefficient (Wildman–Crippen LogP) is 0.0820. The van der Waals surface area contributed by atoms with Gasteiger partial charge in [-0.05, 0) is 12.1 Å². The van der Waals surface area contributed by atoms with Crippen LogP contribution in [-0.4, -0.2) is 42.7 Å². The molecule has 2 aliphatic rings. The van der Waals surface area contributed by atoms with E-state index in [2.05, 4.69) is 5.32 Å². The zero-order chi connectivity index (χ0) is 12.7. The van der Waals surface area contributed by atoms with E-state index in [1.54, 1.807) is 17.0 Å². The fourth-order valence-electron chi connectivity index (χ4n) is 2.40. The van der Waals surface area contributed by atoms with Crippen molar-refractivity contribution in [3.05, 3.63) is 23.8 Å². The first-order valence-corrected chi connectivity index (χ1v) is 5.70. The molecule has 1 atom stereocenters. The third-order valence-electron chi connectivity index (χ3n) is 3.19. The maximum absolute atomic E-state index is 11.9. The first-order chi connectivity index (χ1) is 8.68. The molecule has 0 aromatic heterocycles. The number of carbonyl (C=O) groups is 2. The van der Waals surface area contributed by atoms with Gasteiger partial charge in [0.2, 0.25) is 5.91 Å². The van der Waals surface area contributed by atoms with E-state index in [0.29, 0.717) is 18.8 Å². The molecule has 94 valence electrons. The van der Waals surface area contributed by atoms with E-state index in [-0.39, 0.29) is 29.8 Å². The Bertz CT molecular complexity index is 529. The monoisotopic (exact) mass is 248 g/mol. The maximum atomic E-state index is 11.9. The minimum Gasteiger partial charge on any atom is -0.488 e. The van der Waals surface area contributed by atoms with E-state index < -0.39 is 5.97 Å². The van der Waals surface area contributed by atoms with Gasteiger partial charge in [-0.25, -0.2) is 4.79 Å². The Balaban J connectivity index is 2.11. The number of aromatic carboxylic acids is 1. The Kier molecular flexibility index (Phi) is 2.45. The van der Waals surface area contributed by atoms with E-state index in [9.17, 15) is 9.59 Å². The molecule has 6 nitrogen and oxygen atoms in total. The van der Waals surface area contributed by atoms with Crippen molar-refractivity contribution < 1.29 is 19.4 Å². The van der Waals surface area contributed by atoms with E-state index in [1.165, 1.54) is 6.07 Å².